The van der Waals surface area contributed by atoms with Crippen LogP contribution in [0, 0.1) is 0 Å². The van der Waals surface area contributed by atoms with Crippen LogP contribution in [0.3, 0.4) is 0 Å². The minimum Gasteiger partial charge on any atom is -0.469 e. The molecule has 0 fully saturated rings. The Bertz CT molecular complexity index is 241. The molecule has 22 heavy (non-hydrogen) atoms. The second-order valence-electron chi connectivity index (χ2n) is 4.08. The SMILES string of the molecule is COC(=O)CCOCCOCCOCCOCCOCCCl. The quantitative estimate of drug-likeness (QED) is 0.221. The lowest BCUT2D eigenvalue weighted by molar-refractivity contribution is -0.141. The first kappa shape index (κ1) is 21.6. The predicted octanol–water partition coefficient (Wildman–Crippen LogP) is 0.871. The molecule has 0 aliphatic rings. The fourth-order valence-electron chi connectivity index (χ4n) is 1.29. The van der Waals surface area contributed by atoms with Crippen LogP contribution in [0.15, 0.2) is 0 Å². The van der Waals surface area contributed by atoms with Gasteiger partial charge in [-0.25, -0.2) is 0 Å². The number of carbonyl (C=O) groups is 1. The number of hydrogen-bond acceptors (Lipinski definition) is 7. The van der Waals surface area contributed by atoms with E-state index in [0.29, 0.717) is 71.9 Å². The first-order valence-electron chi connectivity index (χ1n) is 7.32. The predicted molar refractivity (Wildman–Crippen MR) is 81.4 cm³/mol. The topological polar surface area (TPSA) is 72.5 Å². The van der Waals surface area contributed by atoms with Crippen LogP contribution in [-0.4, -0.2) is 85.0 Å². The van der Waals surface area contributed by atoms with Crippen molar-refractivity contribution in [1.82, 2.24) is 0 Å². The summed E-state index contributed by atoms with van der Waals surface area (Å²) in [6.45, 7) is 4.96. The average Bonchev–Trinajstić information content (AvgIpc) is 2.54. The number of methoxy groups -OCH3 is 1. The zero-order chi connectivity index (χ0) is 16.3. The molecule has 0 N–H and O–H groups in total. The van der Waals surface area contributed by atoms with Gasteiger partial charge in [-0.15, -0.1) is 11.6 Å². The molecule has 0 bridgehead atoms. The summed E-state index contributed by atoms with van der Waals surface area (Å²) in [5.41, 5.74) is 0. The fourth-order valence-corrected chi connectivity index (χ4v) is 1.40. The highest BCUT2D eigenvalue weighted by Gasteiger charge is 1.99. The van der Waals surface area contributed by atoms with Crippen molar-refractivity contribution < 1.29 is 33.2 Å². The third kappa shape index (κ3) is 17.6. The van der Waals surface area contributed by atoms with Gasteiger partial charge in [-0.2, -0.15) is 0 Å². The van der Waals surface area contributed by atoms with Crippen LogP contribution in [0.5, 0.6) is 0 Å². The van der Waals surface area contributed by atoms with Crippen molar-refractivity contribution in [1.29, 1.82) is 0 Å². The molecule has 7 nitrogen and oxygen atoms in total. The van der Waals surface area contributed by atoms with Crippen molar-refractivity contribution in [2.75, 3.05) is 79.1 Å². The fraction of sp³-hybridized carbons (Fsp3) is 0.929. The van der Waals surface area contributed by atoms with Crippen molar-refractivity contribution in [2.24, 2.45) is 0 Å². The Morgan fingerprint density at radius 1 is 0.682 bits per heavy atom. The Morgan fingerprint density at radius 3 is 1.41 bits per heavy atom. The molecule has 0 unspecified atom stereocenters. The molecule has 0 spiro atoms. The van der Waals surface area contributed by atoms with Gasteiger partial charge in [-0.05, 0) is 0 Å². The Hall–Kier alpha value is -0.440. The number of esters is 1. The molecule has 132 valence electrons. The van der Waals surface area contributed by atoms with Crippen LogP contribution in [-0.2, 0) is 33.2 Å². The van der Waals surface area contributed by atoms with Crippen LogP contribution in [0.1, 0.15) is 6.42 Å². The van der Waals surface area contributed by atoms with Gasteiger partial charge in [0, 0.05) is 5.88 Å². The lowest BCUT2D eigenvalue weighted by Gasteiger charge is -2.07. The zero-order valence-corrected chi connectivity index (χ0v) is 14.0. The monoisotopic (exact) mass is 342 g/mol. The standard InChI is InChI=1S/C14H27ClO7/c1-17-14(16)2-4-18-6-8-20-10-12-22-13-11-21-9-7-19-5-3-15/h2-13H2,1H3. The van der Waals surface area contributed by atoms with E-state index in [1.807, 2.05) is 0 Å². The Kier molecular flexibility index (Phi) is 18.2. The van der Waals surface area contributed by atoms with Crippen molar-refractivity contribution in [3.63, 3.8) is 0 Å². The molecule has 0 aliphatic carbocycles. The smallest absolute Gasteiger partial charge is 0.307 e. The number of alkyl halides is 1. The highest BCUT2D eigenvalue weighted by molar-refractivity contribution is 6.17. The third-order valence-electron chi connectivity index (χ3n) is 2.39. The molecule has 0 rings (SSSR count). The van der Waals surface area contributed by atoms with E-state index in [1.54, 1.807) is 0 Å². The molecular formula is C14H27ClO7. The number of hydrogen-bond donors (Lipinski definition) is 0. The second kappa shape index (κ2) is 18.6. The Balaban J connectivity index is 2.98. The normalized spacial score (nSPS) is 10.8. The van der Waals surface area contributed by atoms with Crippen molar-refractivity contribution in [3.05, 3.63) is 0 Å². The molecule has 0 radical (unpaired) electrons. The summed E-state index contributed by atoms with van der Waals surface area (Å²) in [6.07, 6.45) is 0.260. The van der Waals surface area contributed by atoms with E-state index < -0.39 is 0 Å². The first-order valence-corrected chi connectivity index (χ1v) is 7.86. The van der Waals surface area contributed by atoms with Crippen LogP contribution in [0.4, 0.5) is 0 Å². The van der Waals surface area contributed by atoms with Gasteiger partial charge >= 0.3 is 5.97 Å². The molecule has 8 heteroatoms. The summed E-state index contributed by atoms with van der Waals surface area (Å²) >= 11 is 5.45. The summed E-state index contributed by atoms with van der Waals surface area (Å²) in [5.74, 6) is 0.224. The van der Waals surface area contributed by atoms with E-state index in [1.165, 1.54) is 7.11 Å². The van der Waals surface area contributed by atoms with Crippen LogP contribution in [0.2, 0.25) is 0 Å². The maximum absolute atomic E-state index is 10.8. The van der Waals surface area contributed by atoms with Crippen molar-refractivity contribution in [3.8, 4) is 0 Å². The molecule has 0 heterocycles. The molecule has 0 aromatic heterocycles. The van der Waals surface area contributed by atoms with Crippen LogP contribution >= 0.6 is 11.6 Å². The average molecular weight is 343 g/mol. The molecule has 0 atom stereocenters. The third-order valence-corrected chi connectivity index (χ3v) is 2.54. The molecular weight excluding hydrogens is 316 g/mol. The molecule has 0 saturated carbocycles. The molecule has 0 amide bonds. The number of carbonyl (C=O) groups excluding carboxylic acids is 1. The van der Waals surface area contributed by atoms with E-state index in [2.05, 4.69) is 4.74 Å². The van der Waals surface area contributed by atoms with E-state index in [0.717, 1.165) is 0 Å². The lowest BCUT2D eigenvalue weighted by atomic mass is 10.5. The van der Waals surface area contributed by atoms with Crippen LogP contribution < -0.4 is 0 Å². The second-order valence-corrected chi connectivity index (χ2v) is 4.45. The summed E-state index contributed by atoms with van der Waals surface area (Å²) in [4.78, 5) is 10.8. The van der Waals surface area contributed by atoms with Crippen molar-refractivity contribution in [2.45, 2.75) is 6.42 Å². The van der Waals surface area contributed by atoms with Gasteiger partial charge in [0.15, 0.2) is 0 Å². The van der Waals surface area contributed by atoms with Crippen LogP contribution in [0.25, 0.3) is 0 Å². The summed E-state index contributed by atoms with van der Waals surface area (Å²) in [6, 6.07) is 0. The minimum atomic E-state index is -0.276. The van der Waals surface area contributed by atoms with E-state index in [4.69, 9.17) is 35.3 Å². The Morgan fingerprint density at radius 2 is 1.05 bits per heavy atom. The van der Waals surface area contributed by atoms with Gasteiger partial charge < -0.3 is 28.4 Å². The molecule has 0 saturated heterocycles. The molecule has 0 aliphatic heterocycles. The molecule has 0 aromatic carbocycles. The maximum Gasteiger partial charge on any atom is 0.307 e. The number of rotatable bonds is 17. The van der Waals surface area contributed by atoms with Gasteiger partial charge in [-0.3, -0.25) is 4.79 Å². The largest absolute Gasteiger partial charge is 0.469 e. The van der Waals surface area contributed by atoms with Gasteiger partial charge in [-0.1, -0.05) is 0 Å². The highest BCUT2D eigenvalue weighted by atomic mass is 35.5. The zero-order valence-electron chi connectivity index (χ0n) is 13.2. The van der Waals surface area contributed by atoms with Gasteiger partial charge in [0.2, 0.25) is 0 Å². The summed E-state index contributed by atoms with van der Waals surface area (Å²) in [5, 5.41) is 0. The number of halogens is 1. The number of ether oxygens (including phenoxy) is 6. The van der Waals surface area contributed by atoms with Crippen molar-refractivity contribution >= 4 is 17.6 Å². The lowest BCUT2D eigenvalue weighted by Crippen LogP contribution is -2.14. The van der Waals surface area contributed by atoms with Gasteiger partial charge in [0.25, 0.3) is 0 Å². The first-order chi connectivity index (χ1) is 10.8. The summed E-state index contributed by atoms with van der Waals surface area (Å²) < 4.78 is 30.7. The molecule has 0 aromatic rings. The van der Waals surface area contributed by atoms with E-state index in [-0.39, 0.29) is 12.4 Å². The summed E-state index contributed by atoms with van der Waals surface area (Å²) in [7, 11) is 1.35. The van der Waals surface area contributed by atoms with E-state index in [9.17, 15) is 4.79 Å². The minimum absolute atomic E-state index is 0.260. The highest BCUT2D eigenvalue weighted by Crippen LogP contribution is 1.87. The van der Waals surface area contributed by atoms with Gasteiger partial charge in [0.05, 0.1) is 79.6 Å². The van der Waals surface area contributed by atoms with E-state index >= 15 is 0 Å². The maximum atomic E-state index is 10.8. The van der Waals surface area contributed by atoms with Gasteiger partial charge in [0.1, 0.15) is 0 Å². The Labute approximate surface area is 137 Å².